The predicted octanol–water partition coefficient (Wildman–Crippen LogP) is 5.14. The summed E-state index contributed by atoms with van der Waals surface area (Å²) in [5.74, 6) is -2.23. The Kier molecular flexibility index (Phi) is 11.4. The first kappa shape index (κ1) is 44.3. The lowest BCUT2D eigenvalue weighted by atomic mass is 9.73. The van der Waals surface area contributed by atoms with Gasteiger partial charge < -0.3 is 63.6 Å². The Bertz CT molecular complexity index is 1550. The van der Waals surface area contributed by atoms with Crippen molar-refractivity contribution in [1.29, 1.82) is 0 Å². The molecule has 5 atom stereocenters. The highest BCUT2D eigenvalue weighted by atomic mass is 28.6. The van der Waals surface area contributed by atoms with Gasteiger partial charge in [0.1, 0.15) is 12.2 Å². The van der Waals surface area contributed by atoms with Crippen molar-refractivity contribution in [2.45, 2.75) is 155 Å². The van der Waals surface area contributed by atoms with Crippen LogP contribution < -0.4 is 0 Å². The maximum Gasteiger partial charge on any atom is 0.479 e. The van der Waals surface area contributed by atoms with E-state index in [9.17, 15) is 14.4 Å². The number of carbonyl (C=O) groups excluding carboxylic acids is 3. The van der Waals surface area contributed by atoms with Crippen LogP contribution in [0.3, 0.4) is 0 Å². The normalized spacial score (nSPS) is 48.6. The average Bonchev–Trinajstić information content (AvgIpc) is 3.78. The summed E-state index contributed by atoms with van der Waals surface area (Å²) in [4.78, 5) is 40.6. The van der Waals surface area contributed by atoms with Gasteiger partial charge in [-0.25, -0.2) is 0 Å². The fourth-order valence-electron chi connectivity index (χ4n) is 9.45. The third-order valence-corrected chi connectivity index (χ3v) is 50.1. The van der Waals surface area contributed by atoms with Gasteiger partial charge in [0.15, 0.2) is 5.41 Å². The molecule has 328 valence electrons. The van der Waals surface area contributed by atoms with Crippen molar-refractivity contribution in [2.75, 3.05) is 6.61 Å². The lowest BCUT2D eigenvalue weighted by molar-refractivity contribution is -0.170. The van der Waals surface area contributed by atoms with Gasteiger partial charge in [-0.2, -0.15) is 0 Å². The third-order valence-electron chi connectivity index (χ3n) is 13.2. The molecule has 9 aliphatic rings. The summed E-state index contributed by atoms with van der Waals surface area (Å²) >= 11 is 0. The van der Waals surface area contributed by atoms with Gasteiger partial charge in [0.25, 0.3) is 0 Å². The van der Waals surface area contributed by atoms with Gasteiger partial charge in [0.05, 0.1) is 12.0 Å². The van der Waals surface area contributed by atoms with E-state index in [1.54, 1.807) is 0 Å². The summed E-state index contributed by atoms with van der Waals surface area (Å²) in [6.07, 6.45) is 0.291. The average molecular weight is 958 g/mol. The molecule has 9 rings (SSSR count). The maximum absolute atomic E-state index is 14.0. The van der Waals surface area contributed by atoms with Gasteiger partial charge in [0.2, 0.25) is 0 Å². The Morgan fingerprint density at radius 2 is 1.02 bits per heavy atom. The van der Waals surface area contributed by atoms with E-state index >= 15 is 0 Å². The summed E-state index contributed by atoms with van der Waals surface area (Å²) in [7, 11) is -30.7. The zero-order valence-corrected chi connectivity index (χ0v) is 43.4. The van der Waals surface area contributed by atoms with E-state index < -0.39 is 111 Å². The minimum atomic E-state index is -4.08. The van der Waals surface area contributed by atoms with Crippen molar-refractivity contribution >= 4 is 88.3 Å². The van der Waals surface area contributed by atoms with Gasteiger partial charge in [-0.3, -0.25) is 14.4 Å². The molecule has 26 heteroatoms. The first-order chi connectivity index (χ1) is 27.3. The topological polar surface area (TPSA) is 190 Å². The number of hydrogen-bond acceptors (Lipinski definition) is 18. The van der Waals surface area contributed by atoms with Gasteiger partial charge in [0, 0.05) is 60.2 Å². The fraction of sp³-hybridized carbons (Fsp3) is 0.906. The second kappa shape index (κ2) is 14.9. The van der Waals surface area contributed by atoms with Crippen LogP contribution in [0.25, 0.3) is 0 Å². The van der Waals surface area contributed by atoms with Crippen LogP contribution in [0.5, 0.6) is 0 Å². The van der Waals surface area contributed by atoms with Crippen LogP contribution in [0, 0.1) is 22.7 Å². The van der Waals surface area contributed by atoms with E-state index in [4.69, 9.17) is 63.6 Å². The van der Waals surface area contributed by atoms with E-state index in [1.165, 1.54) is 0 Å². The molecule has 0 aromatic carbocycles. The largest absolute Gasteiger partial charge is 0.479 e. The number of esters is 3. The zero-order valence-electron chi connectivity index (χ0n) is 35.4. The molecule has 7 heterocycles. The molecule has 9 fully saturated rings. The van der Waals surface area contributed by atoms with Crippen LogP contribution >= 0.6 is 0 Å². The molecule has 18 nitrogen and oxygen atoms in total. The molecule has 7 saturated heterocycles. The monoisotopic (exact) mass is 956 g/mol. The summed E-state index contributed by atoms with van der Waals surface area (Å²) < 4.78 is 104. The lowest BCUT2D eigenvalue weighted by Crippen LogP contribution is -2.88. The van der Waals surface area contributed by atoms with Gasteiger partial charge in [-0.1, -0.05) is 55.4 Å². The first-order valence-corrected chi connectivity index (χ1v) is 36.8. The zero-order chi connectivity index (χ0) is 41.8. The van der Waals surface area contributed by atoms with E-state index in [0.29, 0.717) is 55.2 Å². The van der Waals surface area contributed by atoms with Crippen LogP contribution in [0.15, 0.2) is 0 Å². The lowest BCUT2D eigenvalue weighted by Gasteiger charge is -2.63. The van der Waals surface area contributed by atoms with Crippen molar-refractivity contribution in [3.63, 3.8) is 0 Å². The second-order valence-electron chi connectivity index (χ2n) is 17.2. The van der Waals surface area contributed by atoms with Crippen LogP contribution in [-0.4, -0.2) is 107 Å². The molecule has 0 aromatic heterocycles. The van der Waals surface area contributed by atoms with Crippen LogP contribution in [-0.2, 0) is 78.0 Å². The molecule has 10 bridgehead atoms. The van der Waals surface area contributed by atoms with Crippen molar-refractivity contribution in [3.05, 3.63) is 0 Å². The summed E-state index contributed by atoms with van der Waals surface area (Å²) in [6.45, 7) is 19.1. The third kappa shape index (κ3) is 6.78. The summed E-state index contributed by atoms with van der Waals surface area (Å²) in [5.41, 5.74) is -2.12. The summed E-state index contributed by atoms with van der Waals surface area (Å²) in [6, 6.07) is 2.51. The number of fused-ring (bicyclic) bond motifs is 1. The SMILES string of the molecule is CCC(C)(C)C(=O)OC1C2CC3C1OC(=O)C3(C(=O)OCCC[Si]13O[Si]4(CC)O[Si]5(CC)O[Si]6(CC)O[Si](CC)(O4)O[Si](CC)(O[Si](CC)(O6)O[Si](CC)(O5)O1)O3)C2. The molecule has 7 aliphatic heterocycles. The van der Waals surface area contributed by atoms with Crippen molar-refractivity contribution < 1.29 is 78.0 Å². The van der Waals surface area contributed by atoms with Crippen LogP contribution in [0.1, 0.15) is 94.9 Å². The number of hydrogen-bond donors (Lipinski definition) is 0. The highest BCUT2D eigenvalue weighted by Crippen LogP contribution is 2.63. The van der Waals surface area contributed by atoms with E-state index in [0.717, 1.165) is 0 Å². The molecule has 5 unspecified atom stereocenters. The Morgan fingerprint density at radius 3 is 1.38 bits per heavy atom. The van der Waals surface area contributed by atoms with Crippen LogP contribution in [0.4, 0.5) is 0 Å². The minimum absolute atomic E-state index is 0.0774. The molecule has 58 heavy (non-hydrogen) atoms. The summed E-state index contributed by atoms with van der Waals surface area (Å²) in [5, 5.41) is 0. The Morgan fingerprint density at radius 1 is 0.638 bits per heavy atom. The quantitative estimate of drug-likeness (QED) is 0.0689. The molecule has 0 radical (unpaired) electrons. The molecular weight excluding hydrogens is 897 g/mol. The highest BCUT2D eigenvalue weighted by Gasteiger charge is 2.82. The standard InChI is InChI=1S/C32H60O18Si8/c1-11-31(9,10)28(33)37-26-24-22-25-27(26)38-30(35)32(25,23-24)29(34)36-20-19-21-58-48-55(16-6)42-52(13-3)39-51(12-2)40-53(14-4,44-55)46-57(18-8,50-58)47-54(15-5,41-51)45-56(17-7,43-52)49-58/h24-27H,11-23H2,1-10H3. The predicted molar refractivity (Wildman–Crippen MR) is 215 cm³/mol. The Hall–Kier alpha value is -0.335. The number of rotatable bonds is 15. The second-order valence-corrected chi connectivity index (χ2v) is 43.3. The minimum Gasteiger partial charge on any atom is -0.465 e. The number of ether oxygens (including phenoxy) is 3. The van der Waals surface area contributed by atoms with Gasteiger partial charge in [-0.05, 0) is 39.5 Å². The van der Waals surface area contributed by atoms with Crippen molar-refractivity contribution in [1.82, 2.24) is 0 Å². The van der Waals surface area contributed by atoms with Gasteiger partial charge in [-0.15, -0.1) is 0 Å². The first-order valence-electron chi connectivity index (χ1n) is 21.3. The maximum atomic E-state index is 14.0. The van der Waals surface area contributed by atoms with E-state index in [1.807, 2.05) is 69.2 Å². The van der Waals surface area contributed by atoms with Crippen LogP contribution in [0.2, 0.25) is 48.4 Å². The molecule has 0 amide bonds. The van der Waals surface area contributed by atoms with Crippen molar-refractivity contribution in [3.8, 4) is 0 Å². The van der Waals surface area contributed by atoms with E-state index in [-0.39, 0.29) is 37.4 Å². The molecule has 2 saturated carbocycles. The molecule has 0 N–H and O–H groups in total. The molecular formula is C32H60O18Si8. The molecule has 2 aliphatic carbocycles. The van der Waals surface area contributed by atoms with Crippen molar-refractivity contribution in [2.24, 2.45) is 22.7 Å². The number of carbonyl (C=O) groups is 3. The van der Waals surface area contributed by atoms with Gasteiger partial charge >= 0.3 is 88.3 Å². The molecule has 0 spiro atoms. The fourth-order valence-corrected chi connectivity index (χ4v) is 59.1. The smallest absolute Gasteiger partial charge is 0.465 e. The Labute approximate surface area is 349 Å². The Balaban J connectivity index is 1.09. The van der Waals surface area contributed by atoms with E-state index in [2.05, 4.69) is 0 Å². The highest BCUT2D eigenvalue weighted by molar-refractivity contribution is 7.03. The molecule has 0 aromatic rings.